The molecule has 2 aliphatic rings. The van der Waals surface area contributed by atoms with Gasteiger partial charge < -0.3 is 19.3 Å². The Hall–Kier alpha value is -1.75. The number of carbonyl (C=O) groups is 1. The standard InChI is InChI=1S/C20H30N2O3/c1-15-5-4-6-17(13-15)21-9-11-22(12-10-21)20(23)16-7-8-18(24-2)19(14-16)25-3/h7-8,14-15,17H,4-6,9-13H2,1-3H3/p+1/t15-,17+/m0/s1. The molecule has 0 spiro atoms. The van der Waals surface area contributed by atoms with Crippen molar-refractivity contribution in [3.8, 4) is 11.5 Å². The lowest BCUT2D eigenvalue weighted by molar-refractivity contribution is -0.930. The van der Waals surface area contributed by atoms with Gasteiger partial charge in [0.15, 0.2) is 11.5 Å². The second-order valence-electron chi connectivity index (χ2n) is 7.49. The molecular weight excluding hydrogens is 316 g/mol. The average Bonchev–Trinajstić information content (AvgIpc) is 2.67. The lowest BCUT2D eigenvalue weighted by Crippen LogP contribution is -3.18. The molecule has 25 heavy (non-hydrogen) atoms. The first-order chi connectivity index (χ1) is 12.1. The first-order valence-corrected chi connectivity index (χ1v) is 9.48. The molecule has 2 fully saturated rings. The van der Waals surface area contributed by atoms with Crippen LogP contribution in [0.2, 0.25) is 0 Å². The van der Waals surface area contributed by atoms with Crippen LogP contribution < -0.4 is 14.4 Å². The van der Waals surface area contributed by atoms with Crippen molar-refractivity contribution in [3.63, 3.8) is 0 Å². The number of quaternary nitrogens is 1. The van der Waals surface area contributed by atoms with Crippen molar-refractivity contribution in [1.29, 1.82) is 0 Å². The van der Waals surface area contributed by atoms with Crippen LogP contribution >= 0.6 is 0 Å². The Morgan fingerprint density at radius 3 is 2.48 bits per heavy atom. The maximum atomic E-state index is 12.8. The summed E-state index contributed by atoms with van der Waals surface area (Å²) in [5.74, 6) is 2.21. The summed E-state index contributed by atoms with van der Waals surface area (Å²) in [5, 5.41) is 0. The van der Waals surface area contributed by atoms with E-state index in [1.165, 1.54) is 25.7 Å². The summed E-state index contributed by atoms with van der Waals surface area (Å²) in [4.78, 5) is 16.5. The van der Waals surface area contributed by atoms with Crippen molar-refractivity contribution in [3.05, 3.63) is 23.8 Å². The second kappa shape index (κ2) is 8.09. The third-order valence-corrected chi connectivity index (χ3v) is 5.84. The van der Waals surface area contributed by atoms with Crippen molar-refractivity contribution in [2.24, 2.45) is 5.92 Å². The van der Waals surface area contributed by atoms with Crippen molar-refractivity contribution in [2.75, 3.05) is 40.4 Å². The Bertz CT molecular complexity index is 597. The van der Waals surface area contributed by atoms with Crippen molar-refractivity contribution in [1.82, 2.24) is 4.90 Å². The second-order valence-corrected chi connectivity index (χ2v) is 7.49. The van der Waals surface area contributed by atoms with E-state index >= 15 is 0 Å². The maximum absolute atomic E-state index is 12.8. The van der Waals surface area contributed by atoms with E-state index in [4.69, 9.17) is 9.47 Å². The van der Waals surface area contributed by atoms with Gasteiger partial charge in [-0.25, -0.2) is 0 Å². The van der Waals surface area contributed by atoms with Crippen LogP contribution in [-0.2, 0) is 0 Å². The van der Waals surface area contributed by atoms with E-state index < -0.39 is 0 Å². The molecule has 5 heteroatoms. The minimum atomic E-state index is 0.0945. The highest BCUT2D eigenvalue weighted by atomic mass is 16.5. The van der Waals surface area contributed by atoms with E-state index in [0.29, 0.717) is 17.1 Å². The number of amides is 1. The number of piperazine rings is 1. The molecule has 5 nitrogen and oxygen atoms in total. The number of ether oxygens (including phenoxy) is 2. The molecule has 0 aromatic heterocycles. The molecule has 1 aromatic rings. The predicted octanol–water partition coefficient (Wildman–Crippen LogP) is 1.62. The number of rotatable bonds is 4. The normalized spacial score (nSPS) is 24.8. The topological polar surface area (TPSA) is 43.2 Å². The quantitative estimate of drug-likeness (QED) is 0.900. The van der Waals surface area contributed by atoms with Crippen LogP contribution in [0.3, 0.4) is 0 Å². The minimum absolute atomic E-state index is 0.0945. The van der Waals surface area contributed by atoms with E-state index in [9.17, 15) is 4.79 Å². The van der Waals surface area contributed by atoms with E-state index in [-0.39, 0.29) is 5.91 Å². The van der Waals surface area contributed by atoms with Crippen LogP contribution in [0.15, 0.2) is 18.2 Å². The van der Waals surface area contributed by atoms with Gasteiger partial charge in [0.25, 0.3) is 5.91 Å². The number of nitrogens with zero attached hydrogens (tertiary/aromatic N) is 1. The largest absolute Gasteiger partial charge is 0.493 e. The molecule has 0 bridgehead atoms. The number of hydrogen-bond acceptors (Lipinski definition) is 3. The highest BCUT2D eigenvalue weighted by molar-refractivity contribution is 5.95. The van der Waals surface area contributed by atoms with Crippen molar-refractivity contribution < 1.29 is 19.2 Å². The summed E-state index contributed by atoms with van der Waals surface area (Å²) in [6.07, 6.45) is 5.44. The molecule has 0 radical (unpaired) electrons. The number of nitrogens with one attached hydrogen (secondary N) is 1. The molecular formula is C20H31N2O3+. The van der Waals surface area contributed by atoms with E-state index in [2.05, 4.69) is 6.92 Å². The molecule has 1 aliphatic carbocycles. The Balaban J connectivity index is 1.60. The zero-order valence-corrected chi connectivity index (χ0v) is 15.7. The molecule has 2 atom stereocenters. The summed E-state index contributed by atoms with van der Waals surface area (Å²) in [6.45, 7) is 6.19. The Labute approximate surface area is 150 Å². The highest BCUT2D eigenvalue weighted by Crippen LogP contribution is 2.28. The van der Waals surface area contributed by atoms with Gasteiger partial charge >= 0.3 is 0 Å². The summed E-state index contributed by atoms with van der Waals surface area (Å²) in [7, 11) is 3.20. The molecule has 1 saturated heterocycles. The molecule has 1 aliphatic heterocycles. The molecule has 138 valence electrons. The number of methoxy groups -OCH3 is 2. The van der Waals surface area contributed by atoms with Crippen molar-refractivity contribution in [2.45, 2.75) is 38.6 Å². The lowest BCUT2D eigenvalue weighted by atomic mass is 9.86. The van der Waals surface area contributed by atoms with Gasteiger partial charge in [0.1, 0.15) is 0 Å². The van der Waals surface area contributed by atoms with Gasteiger partial charge in [-0.15, -0.1) is 0 Å². The third kappa shape index (κ3) is 4.09. The van der Waals surface area contributed by atoms with Gasteiger partial charge in [0.05, 0.1) is 46.4 Å². The summed E-state index contributed by atoms with van der Waals surface area (Å²) >= 11 is 0. The van der Waals surface area contributed by atoms with Crippen LogP contribution in [0, 0.1) is 5.92 Å². The van der Waals surface area contributed by atoms with Crippen LogP contribution in [0.5, 0.6) is 11.5 Å². The lowest BCUT2D eigenvalue weighted by Gasteiger charge is -2.39. The van der Waals surface area contributed by atoms with Crippen LogP contribution in [-0.4, -0.2) is 57.2 Å². The fourth-order valence-corrected chi connectivity index (χ4v) is 4.36. The fourth-order valence-electron chi connectivity index (χ4n) is 4.36. The molecule has 1 saturated carbocycles. The summed E-state index contributed by atoms with van der Waals surface area (Å²) in [6, 6.07) is 6.20. The van der Waals surface area contributed by atoms with E-state index in [1.807, 2.05) is 11.0 Å². The van der Waals surface area contributed by atoms with E-state index in [1.54, 1.807) is 31.3 Å². The van der Waals surface area contributed by atoms with Gasteiger partial charge in [0.2, 0.25) is 0 Å². The van der Waals surface area contributed by atoms with Crippen molar-refractivity contribution >= 4 is 5.91 Å². The van der Waals surface area contributed by atoms with Gasteiger partial charge in [-0.05, 0) is 37.0 Å². The van der Waals surface area contributed by atoms with Crippen LogP contribution in [0.1, 0.15) is 43.0 Å². The molecule has 0 unspecified atom stereocenters. The Morgan fingerprint density at radius 2 is 1.84 bits per heavy atom. The fraction of sp³-hybridized carbons (Fsp3) is 0.650. The molecule has 1 N–H and O–H groups in total. The SMILES string of the molecule is COc1ccc(C(=O)N2CC[NH+]([C@@H]3CCC[C@H](C)C3)CC2)cc1OC. The summed E-state index contributed by atoms with van der Waals surface area (Å²) in [5.41, 5.74) is 0.674. The first-order valence-electron chi connectivity index (χ1n) is 9.48. The van der Waals surface area contributed by atoms with E-state index in [0.717, 1.165) is 38.1 Å². The number of hydrogen-bond donors (Lipinski definition) is 1. The predicted molar refractivity (Wildman–Crippen MR) is 97.6 cm³/mol. The van der Waals surface area contributed by atoms with Gasteiger partial charge in [-0.1, -0.05) is 13.3 Å². The smallest absolute Gasteiger partial charge is 0.254 e. The zero-order valence-electron chi connectivity index (χ0n) is 15.7. The van der Waals surface area contributed by atoms with Gasteiger partial charge in [-0.3, -0.25) is 4.79 Å². The number of benzene rings is 1. The van der Waals surface area contributed by atoms with Crippen LogP contribution in [0.25, 0.3) is 0 Å². The molecule has 1 amide bonds. The van der Waals surface area contributed by atoms with Gasteiger partial charge in [-0.2, -0.15) is 0 Å². The molecule has 1 aromatic carbocycles. The first kappa shape index (κ1) is 18.1. The average molecular weight is 347 g/mol. The molecule has 3 rings (SSSR count). The highest BCUT2D eigenvalue weighted by Gasteiger charge is 2.32. The Morgan fingerprint density at radius 1 is 1.12 bits per heavy atom. The number of carbonyl (C=O) groups excluding carboxylic acids is 1. The van der Waals surface area contributed by atoms with Gasteiger partial charge in [0, 0.05) is 12.0 Å². The molecule has 1 heterocycles. The summed E-state index contributed by atoms with van der Waals surface area (Å²) < 4.78 is 10.6. The Kier molecular flexibility index (Phi) is 5.84. The monoisotopic (exact) mass is 347 g/mol. The maximum Gasteiger partial charge on any atom is 0.254 e. The van der Waals surface area contributed by atoms with Crippen LogP contribution in [0.4, 0.5) is 0 Å². The minimum Gasteiger partial charge on any atom is -0.493 e. The third-order valence-electron chi connectivity index (χ3n) is 5.84. The zero-order chi connectivity index (χ0) is 17.8.